The molecule has 2 aromatic rings. The van der Waals surface area contributed by atoms with Gasteiger partial charge in [-0.3, -0.25) is 0 Å². The molecule has 0 bridgehead atoms. The molecular formula is C11H10N2O3S2. The molecule has 0 aliphatic heterocycles. The Hall–Kier alpha value is -1.65. The van der Waals surface area contributed by atoms with Crippen molar-refractivity contribution in [2.24, 2.45) is 0 Å². The maximum absolute atomic E-state index is 11.9. The number of rotatable bonds is 3. The van der Waals surface area contributed by atoms with Crippen LogP contribution in [0.15, 0.2) is 8.63 Å². The van der Waals surface area contributed by atoms with Crippen molar-refractivity contribution in [2.75, 3.05) is 18.6 Å². The van der Waals surface area contributed by atoms with Crippen LogP contribution in [-0.4, -0.2) is 18.8 Å². The molecule has 18 heavy (non-hydrogen) atoms. The minimum absolute atomic E-state index is 0.0365. The molecule has 0 spiro atoms. The number of hydrogen-bond donors (Lipinski definition) is 1. The van der Waals surface area contributed by atoms with Crippen LogP contribution in [0.3, 0.4) is 0 Å². The van der Waals surface area contributed by atoms with E-state index in [1.807, 2.05) is 12.3 Å². The highest BCUT2D eigenvalue weighted by Gasteiger charge is 2.26. The summed E-state index contributed by atoms with van der Waals surface area (Å²) in [5.74, 6) is -0.416. The van der Waals surface area contributed by atoms with Gasteiger partial charge in [0, 0.05) is 0 Å². The summed E-state index contributed by atoms with van der Waals surface area (Å²) in [7, 11) is 0. The third kappa shape index (κ3) is 1.83. The van der Waals surface area contributed by atoms with Crippen LogP contribution in [0, 0.1) is 11.3 Å². The van der Waals surface area contributed by atoms with Crippen molar-refractivity contribution in [2.45, 2.75) is 11.1 Å². The Morgan fingerprint density at radius 2 is 2.39 bits per heavy atom. The Bertz CT molecular complexity index is 651. The summed E-state index contributed by atoms with van der Waals surface area (Å²) in [4.78, 5) is 11.9. The van der Waals surface area contributed by atoms with Gasteiger partial charge in [-0.2, -0.15) is 5.26 Å². The van der Waals surface area contributed by atoms with Crippen molar-refractivity contribution < 1.29 is 13.9 Å². The van der Waals surface area contributed by atoms with Crippen molar-refractivity contribution in [3.8, 4) is 6.07 Å². The van der Waals surface area contributed by atoms with Crippen LogP contribution < -0.4 is 5.73 Å². The Kier molecular flexibility index (Phi) is 3.50. The molecule has 94 valence electrons. The van der Waals surface area contributed by atoms with E-state index in [-0.39, 0.29) is 18.1 Å². The van der Waals surface area contributed by atoms with Crippen LogP contribution in [0.1, 0.15) is 23.0 Å². The molecule has 0 saturated heterocycles. The van der Waals surface area contributed by atoms with Crippen LogP contribution in [0.5, 0.6) is 0 Å². The van der Waals surface area contributed by atoms with Gasteiger partial charge in [0.15, 0.2) is 5.58 Å². The van der Waals surface area contributed by atoms with Gasteiger partial charge in [-0.1, -0.05) is 0 Å². The molecule has 2 N–H and O–H groups in total. The Balaban J connectivity index is 2.69. The molecule has 2 aromatic heterocycles. The average molecular weight is 282 g/mol. The highest BCUT2D eigenvalue weighted by Crippen LogP contribution is 2.43. The first-order valence-electron chi connectivity index (χ1n) is 5.10. The first kappa shape index (κ1) is 12.8. The molecule has 0 aliphatic carbocycles. The van der Waals surface area contributed by atoms with E-state index in [0.717, 1.165) is 4.21 Å². The van der Waals surface area contributed by atoms with Crippen molar-refractivity contribution >= 4 is 45.0 Å². The van der Waals surface area contributed by atoms with Crippen LogP contribution in [0.2, 0.25) is 0 Å². The molecule has 0 aliphatic rings. The van der Waals surface area contributed by atoms with E-state index < -0.39 is 5.97 Å². The van der Waals surface area contributed by atoms with Gasteiger partial charge in [0.2, 0.25) is 5.76 Å². The van der Waals surface area contributed by atoms with E-state index >= 15 is 0 Å². The first-order chi connectivity index (χ1) is 8.63. The van der Waals surface area contributed by atoms with Gasteiger partial charge in [-0.05, 0) is 13.2 Å². The zero-order valence-electron chi connectivity index (χ0n) is 9.77. The van der Waals surface area contributed by atoms with Crippen LogP contribution in [-0.2, 0) is 4.74 Å². The molecule has 0 radical (unpaired) electrons. The number of fused-ring (bicyclic) bond motifs is 1. The summed E-state index contributed by atoms with van der Waals surface area (Å²) in [6, 6.07) is 1.86. The van der Waals surface area contributed by atoms with E-state index in [2.05, 4.69) is 0 Å². The number of carbonyl (C=O) groups excluding carboxylic acids is 1. The van der Waals surface area contributed by atoms with Crippen molar-refractivity contribution in [1.82, 2.24) is 0 Å². The third-order valence-corrected chi connectivity index (χ3v) is 4.62. The number of nitrogen functional groups attached to an aromatic ring is 1. The number of carbonyl (C=O) groups is 1. The van der Waals surface area contributed by atoms with E-state index in [9.17, 15) is 4.79 Å². The number of nitrogens with two attached hydrogens (primary N) is 1. The number of nitriles is 1. The predicted octanol–water partition coefficient (Wildman–Crippen LogP) is 2.85. The maximum atomic E-state index is 11.9. The van der Waals surface area contributed by atoms with Crippen LogP contribution >= 0.6 is 23.1 Å². The molecule has 0 unspecified atom stereocenters. The SMILES string of the molecule is CCOC(=O)c1c(SC)sc2c(N)c(C#N)oc12. The lowest BCUT2D eigenvalue weighted by Crippen LogP contribution is -2.04. The second-order valence-corrected chi connectivity index (χ2v) is 5.40. The quantitative estimate of drug-likeness (QED) is 0.687. The average Bonchev–Trinajstić information content (AvgIpc) is 2.86. The highest BCUT2D eigenvalue weighted by atomic mass is 32.2. The fraction of sp³-hybridized carbons (Fsp3) is 0.273. The Morgan fingerprint density at radius 1 is 1.67 bits per heavy atom. The van der Waals surface area contributed by atoms with E-state index in [4.69, 9.17) is 20.1 Å². The smallest absolute Gasteiger partial charge is 0.344 e. The molecule has 5 nitrogen and oxygen atoms in total. The second-order valence-electron chi connectivity index (χ2n) is 3.30. The molecule has 0 atom stereocenters. The lowest BCUT2D eigenvalue weighted by atomic mass is 10.3. The number of esters is 1. The van der Waals surface area contributed by atoms with Gasteiger partial charge in [-0.15, -0.1) is 23.1 Å². The van der Waals surface area contributed by atoms with Gasteiger partial charge in [0.05, 0.1) is 15.5 Å². The Labute approximate surface area is 112 Å². The third-order valence-electron chi connectivity index (χ3n) is 2.29. The zero-order chi connectivity index (χ0) is 13.3. The molecular weight excluding hydrogens is 272 g/mol. The number of hydrogen-bond acceptors (Lipinski definition) is 7. The van der Waals surface area contributed by atoms with Gasteiger partial charge >= 0.3 is 5.97 Å². The summed E-state index contributed by atoms with van der Waals surface area (Å²) in [5.41, 5.74) is 6.78. The number of ether oxygens (including phenoxy) is 1. The standard InChI is InChI=1S/C11H10N2O3S2/c1-3-15-10(14)6-8-9(18-11(6)17-2)7(13)5(4-12)16-8/h3,13H2,1-2H3. The lowest BCUT2D eigenvalue weighted by Gasteiger charge is -2.00. The number of thiophene rings is 1. The van der Waals surface area contributed by atoms with Crippen LogP contribution in [0.25, 0.3) is 10.3 Å². The van der Waals surface area contributed by atoms with Crippen molar-refractivity contribution in [3.05, 3.63) is 11.3 Å². The molecule has 0 saturated carbocycles. The molecule has 0 aromatic carbocycles. The summed E-state index contributed by atoms with van der Waals surface area (Å²) in [6.45, 7) is 2.02. The molecule has 2 rings (SSSR count). The second kappa shape index (κ2) is 4.92. The van der Waals surface area contributed by atoms with E-state index in [1.165, 1.54) is 23.1 Å². The summed E-state index contributed by atoms with van der Waals surface area (Å²) >= 11 is 2.75. The minimum Gasteiger partial charge on any atom is -0.462 e. The van der Waals surface area contributed by atoms with Crippen LogP contribution in [0.4, 0.5) is 5.69 Å². The monoisotopic (exact) mass is 282 g/mol. The fourth-order valence-electron chi connectivity index (χ4n) is 1.54. The maximum Gasteiger partial charge on any atom is 0.344 e. The number of furan rings is 1. The van der Waals surface area contributed by atoms with Crippen molar-refractivity contribution in [3.63, 3.8) is 0 Å². The summed E-state index contributed by atoms with van der Waals surface area (Å²) in [5, 5.41) is 8.86. The lowest BCUT2D eigenvalue weighted by molar-refractivity contribution is 0.0524. The normalized spacial score (nSPS) is 10.5. The van der Waals surface area contributed by atoms with Gasteiger partial charge in [0.25, 0.3) is 0 Å². The van der Waals surface area contributed by atoms with E-state index in [0.29, 0.717) is 15.8 Å². The topological polar surface area (TPSA) is 89.2 Å². The van der Waals surface area contributed by atoms with Crippen molar-refractivity contribution in [1.29, 1.82) is 5.26 Å². The summed E-state index contributed by atoms with van der Waals surface area (Å²) in [6.07, 6.45) is 1.86. The minimum atomic E-state index is -0.452. The van der Waals surface area contributed by atoms with Gasteiger partial charge in [0.1, 0.15) is 17.3 Å². The molecule has 0 fully saturated rings. The fourth-order valence-corrected chi connectivity index (χ4v) is 3.40. The van der Waals surface area contributed by atoms with Gasteiger partial charge in [-0.25, -0.2) is 4.79 Å². The largest absolute Gasteiger partial charge is 0.462 e. The predicted molar refractivity (Wildman–Crippen MR) is 71.0 cm³/mol. The number of nitrogens with zero attached hydrogens (tertiary/aromatic N) is 1. The highest BCUT2D eigenvalue weighted by molar-refractivity contribution is 8.00. The first-order valence-corrected chi connectivity index (χ1v) is 7.14. The Morgan fingerprint density at radius 3 is 2.94 bits per heavy atom. The number of anilines is 1. The molecule has 7 heteroatoms. The van der Waals surface area contributed by atoms with E-state index in [1.54, 1.807) is 6.92 Å². The molecule has 2 heterocycles. The zero-order valence-corrected chi connectivity index (χ0v) is 11.4. The molecule has 0 amide bonds. The number of thioether (sulfide) groups is 1. The summed E-state index contributed by atoms with van der Waals surface area (Å²) < 4.78 is 11.7. The van der Waals surface area contributed by atoms with Gasteiger partial charge < -0.3 is 14.9 Å².